The molecule has 0 saturated carbocycles. The predicted octanol–water partition coefficient (Wildman–Crippen LogP) is 4.06. The summed E-state index contributed by atoms with van der Waals surface area (Å²) < 4.78 is 6.05. The van der Waals surface area contributed by atoms with E-state index in [1.54, 1.807) is 24.3 Å². The lowest BCUT2D eigenvalue weighted by molar-refractivity contribution is 0.102. The number of nitrogens with two attached hydrogens (primary N) is 1. The van der Waals surface area contributed by atoms with Crippen LogP contribution in [0.3, 0.4) is 0 Å². The van der Waals surface area contributed by atoms with Crippen LogP contribution in [0.4, 0.5) is 5.69 Å². The Kier molecular flexibility index (Phi) is 4.72. The van der Waals surface area contributed by atoms with E-state index in [1.807, 2.05) is 18.2 Å². The smallest absolute Gasteiger partial charge is 0.255 e. The predicted molar refractivity (Wildman–Crippen MR) is 104 cm³/mol. The van der Waals surface area contributed by atoms with Crippen molar-refractivity contribution >= 4 is 17.4 Å². The summed E-state index contributed by atoms with van der Waals surface area (Å²) in [7, 11) is 0. The highest BCUT2D eigenvalue weighted by Crippen LogP contribution is 2.42. The first-order valence-electron chi connectivity index (χ1n) is 8.87. The molecule has 1 aliphatic rings. The Hall–Kier alpha value is -2.82. The topological polar surface area (TPSA) is 88.2 Å². The zero-order chi connectivity index (χ0) is 18.9. The third-order valence-corrected chi connectivity index (χ3v) is 4.91. The van der Waals surface area contributed by atoms with Crippen molar-refractivity contribution in [1.82, 2.24) is 0 Å². The molecule has 0 saturated heterocycles. The third-order valence-electron chi connectivity index (χ3n) is 4.91. The second-order valence-corrected chi connectivity index (χ2v) is 7.39. The summed E-state index contributed by atoms with van der Waals surface area (Å²) in [5, 5.41) is 10.4. The van der Waals surface area contributed by atoms with E-state index in [0.717, 1.165) is 29.8 Å². The molecule has 4 N–H and O–H groups in total. The molecule has 1 unspecified atom stereocenters. The molecule has 0 aliphatic carbocycles. The number of carbonyl (C=O) groups excluding carboxylic acids is 1. The summed E-state index contributed by atoms with van der Waals surface area (Å²) in [6.07, 6.45) is 2.18. The van der Waals surface area contributed by atoms with Gasteiger partial charge in [0.2, 0.25) is 0 Å². The Balaban J connectivity index is 1.81. The quantitative estimate of drug-likeness (QED) is 0.573. The van der Waals surface area contributed by atoms with Gasteiger partial charge in [-0.05, 0) is 48.6 Å². The van der Waals surface area contributed by atoms with Crippen LogP contribution in [0.2, 0.25) is 0 Å². The van der Waals surface area contributed by atoms with E-state index < -0.39 is 0 Å². The summed E-state index contributed by atoms with van der Waals surface area (Å²) in [6.45, 7) is 6.56. The zero-order valence-corrected chi connectivity index (χ0v) is 15.4. The first-order chi connectivity index (χ1) is 12.3. The number of carbonyl (C=O) groups is 1. The van der Waals surface area contributed by atoms with Gasteiger partial charge in [0, 0.05) is 22.4 Å². The Morgan fingerprint density at radius 3 is 2.50 bits per heavy atom. The first kappa shape index (κ1) is 18.0. The molecule has 1 aliphatic heterocycles. The number of nitrogens with one attached hydrogen (secondary N) is 2. The fourth-order valence-electron chi connectivity index (χ4n) is 3.37. The van der Waals surface area contributed by atoms with Gasteiger partial charge in [0.15, 0.2) is 0 Å². The van der Waals surface area contributed by atoms with Crippen LogP contribution in [-0.4, -0.2) is 17.8 Å². The Labute approximate surface area is 154 Å². The molecule has 0 radical (unpaired) electrons. The molecule has 5 heteroatoms. The first-order valence-corrected chi connectivity index (χ1v) is 8.87. The minimum Gasteiger partial charge on any atom is -0.490 e. The van der Waals surface area contributed by atoms with Crippen LogP contribution in [0.15, 0.2) is 42.5 Å². The van der Waals surface area contributed by atoms with Crippen molar-refractivity contribution in [2.75, 3.05) is 5.32 Å². The number of hydrogen-bond acceptors (Lipinski definition) is 3. The van der Waals surface area contributed by atoms with E-state index in [2.05, 4.69) is 26.1 Å². The number of amides is 1. The highest BCUT2D eigenvalue weighted by Gasteiger charge is 2.33. The molecule has 1 amide bonds. The van der Waals surface area contributed by atoms with Crippen LogP contribution in [0.1, 0.15) is 55.1 Å². The maximum absolute atomic E-state index is 12.5. The van der Waals surface area contributed by atoms with E-state index in [4.69, 9.17) is 15.9 Å². The standard InChI is InChI=1S/C21H25N3O2/c1-4-16-12-21(2,3)17-11-15(9-10-18(17)26-16)24-20(25)14-7-5-13(6-8-14)19(22)23/h5-11,16H,4,12H2,1-3H3,(H3,22,23)(H,24,25). The van der Waals surface area contributed by atoms with Crippen LogP contribution < -0.4 is 15.8 Å². The number of ether oxygens (including phenoxy) is 1. The van der Waals surface area contributed by atoms with Crippen molar-refractivity contribution in [1.29, 1.82) is 5.41 Å². The lowest BCUT2D eigenvalue weighted by atomic mass is 9.77. The summed E-state index contributed by atoms with van der Waals surface area (Å²) in [6, 6.07) is 12.5. The summed E-state index contributed by atoms with van der Waals surface area (Å²) in [4.78, 5) is 12.5. The number of hydrogen-bond donors (Lipinski definition) is 3. The van der Waals surface area contributed by atoms with Crippen LogP contribution in [0.5, 0.6) is 5.75 Å². The van der Waals surface area contributed by atoms with Crippen LogP contribution in [0, 0.1) is 5.41 Å². The fraction of sp³-hybridized carbons (Fsp3) is 0.333. The highest BCUT2D eigenvalue weighted by molar-refractivity contribution is 6.05. The molecule has 1 heterocycles. The van der Waals surface area contributed by atoms with Crippen molar-refractivity contribution in [2.24, 2.45) is 5.73 Å². The number of rotatable bonds is 4. The van der Waals surface area contributed by atoms with Crippen molar-refractivity contribution in [2.45, 2.75) is 45.1 Å². The van der Waals surface area contributed by atoms with Crippen LogP contribution in [0.25, 0.3) is 0 Å². The largest absolute Gasteiger partial charge is 0.490 e. The van der Waals surface area contributed by atoms with Gasteiger partial charge in [0.05, 0.1) is 6.10 Å². The van der Waals surface area contributed by atoms with Gasteiger partial charge < -0.3 is 15.8 Å². The summed E-state index contributed by atoms with van der Waals surface area (Å²) >= 11 is 0. The van der Waals surface area contributed by atoms with Gasteiger partial charge in [-0.2, -0.15) is 0 Å². The Bertz CT molecular complexity index is 841. The molecule has 1 atom stereocenters. The molecular weight excluding hydrogens is 326 g/mol. The molecular formula is C21H25N3O2. The molecule has 2 aromatic rings. The van der Waals surface area contributed by atoms with Gasteiger partial charge in [-0.15, -0.1) is 0 Å². The summed E-state index contributed by atoms with van der Waals surface area (Å²) in [5.41, 5.74) is 8.43. The van der Waals surface area contributed by atoms with Gasteiger partial charge in [0.1, 0.15) is 11.6 Å². The molecule has 2 aromatic carbocycles. The fourth-order valence-corrected chi connectivity index (χ4v) is 3.37. The zero-order valence-electron chi connectivity index (χ0n) is 15.4. The van der Waals surface area contributed by atoms with Gasteiger partial charge >= 0.3 is 0 Å². The van der Waals surface area contributed by atoms with E-state index >= 15 is 0 Å². The normalized spacial score (nSPS) is 17.7. The molecule has 0 aromatic heterocycles. The number of nitrogen functional groups attached to an aromatic ring is 1. The summed E-state index contributed by atoms with van der Waals surface area (Å²) in [5.74, 6) is 0.692. The SMILES string of the molecule is CCC1CC(C)(C)c2cc(NC(=O)c3ccc(C(=N)N)cc3)ccc2O1. The van der Waals surface area contributed by atoms with Gasteiger partial charge in [-0.3, -0.25) is 10.2 Å². The van der Waals surface area contributed by atoms with Gasteiger partial charge in [-0.1, -0.05) is 32.9 Å². The van der Waals surface area contributed by atoms with Crippen LogP contribution >= 0.6 is 0 Å². The molecule has 0 fully saturated rings. The number of benzene rings is 2. The van der Waals surface area contributed by atoms with E-state index in [1.165, 1.54) is 0 Å². The minimum absolute atomic E-state index is 0.00185. The second-order valence-electron chi connectivity index (χ2n) is 7.39. The molecule has 3 rings (SSSR count). The molecule has 0 spiro atoms. The van der Waals surface area contributed by atoms with Crippen molar-refractivity contribution in [3.05, 3.63) is 59.2 Å². The number of amidine groups is 1. The monoisotopic (exact) mass is 351 g/mol. The Morgan fingerprint density at radius 2 is 1.88 bits per heavy atom. The number of anilines is 1. The molecule has 26 heavy (non-hydrogen) atoms. The third kappa shape index (κ3) is 3.57. The lowest BCUT2D eigenvalue weighted by Crippen LogP contribution is -2.34. The van der Waals surface area contributed by atoms with E-state index in [-0.39, 0.29) is 23.3 Å². The molecule has 136 valence electrons. The van der Waals surface area contributed by atoms with E-state index in [0.29, 0.717) is 11.1 Å². The average molecular weight is 351 g/mol. The minimum atomic E-state index is -0.193. The average Bonchev–Trinajstić information content (AvgIpc) is 2.61. The van der Waals surface area contributed by atoms with Crippen LogP contribution in [-0.2, 0) is 5.41 Å². The van der Waals surface area contributed by atoms with E-state index in [9.17, 15) is 4.79 Å². The highest BCUT2D eigenvalue weighted by atomic mass is 16.5. The maximum Gasteiger partial charge on any atom is 0.255 e. The van der Waals surface area contributed by atoms with Crippen molar-refractivity contribution in [3.8, 4) is 5.75 Å². The Morgan fingerprint density at radius 1 is 1.23 bits per heavy atom. The second kappa shape index (κ2) is 6.83. The van der Waals surface area contributed by atoms with Crippen molar-refractivity contribution in [3.63, 3.8) is 0 Å². The van der Waals surface area contributed by atoms with Crippen molar-refractivity contribution < 1.29 is 9.53 Å². The lowest BCUT2D eigenvalue weighted by Gasteiger charge is -2.37. The van der Waals surface area contributed by atoms with Gasteiger partial charge in [-0.25, -0.2) is 0 Å². The maximum atomic E-state index is 12.5. The molecule has 0 bridgehead atoms. The molecule has 5 nitrogen and oxygen atoms in total. The van der Waals surface area contributed by atoms with Gasteiger partial charge in [0.25, 0.3) is 5.91 Å². The number of fused-ring (bicyclic) bond motifs is 1.